The molecule has 0 unspecified atom stereocenters. The number of hydrogen-bond acceptors (Lipinski definition) is 6. The van der Waals surface area contributed by atoms with E-state index in [4.69, 9.17) is 0 Å². The van der Waals surface area contributed by atoms with Gasteiger partial charge >= 0.3 is 6.33 Å². The van der Waals surface area contributed by atoms with Gasteiger partial charge in [-0.2, -0.15) is 4.68 Å². The second kappa shape index (κ2) is 5.55. The molecule has 20 heavy (non-hydrogen) atoms. The SMILES string of the molecule is O=[N+]([O-])[N-][n+]1cnn(CCn2c[n+]([N-][N+](=O)[O-])cn2)c1. The number of aryl methyl sites for hydroxylation is 2. The van der Waals surface area contributed by atoms with E-state index in [1.807, 2.05) is 0 Å². The third-order valence-electron chi connectivity index (χ3n) is 2.05. The molecule has 14 heteroatoms. The average molecular weight is 284 g/mol. The van der Waals surface area contributed by atoms with Crippen LogP contribution in [0.15, 0.2) is 25.3 Å². The molecule has 0 bridgehead atoms. The van der Waals surface area contributed by atoms with Crippen molar-refractivity contribution in [2.24, 2.45) is 0 Å². The first kappa shape index (κ1) is 13.1. The maximum Gasteiger partial charge on any atom is 0.332 e. The molecule has 0 amide bonds. The molecular formula is C6H8N10O4. The lowest BCUT2D eigenvalue weighted by Gasteiger charge is -2.07. The second-order valence-electron chi connectivity index (χ2n) is 3.43. The minimum Gasteiger partial charge on any atom is -0.373 e. The molecule has 0 atom stereocenters. The first-order chi connectivity index (χ1) is 9.52. The summed E-state index contributed by atoms with van der Waals surface area (Å²) in [7, 11) is 0. The van der Waals surface area contributed by atoms with Crippen LogP contribution in [0.25, 0.3) is 11.1 Å². The largest absolute Gasteiger partial charge is 0.373 e. The third kappa shape index (κ3) is 3.59. The molecule has 2 rings (SSSR count). The zero-order valence-corrected chi connectivity index (χ0v) is 9.83. The van der Waals surface area contributed by atoms with Crippen molar-refractivity contribution in [2.45, 2.75) is 13.1 Å². The molecular weight excluding hydrogens is 276 g/mol. The summed E-state index contributed by atoms with van der Waals surface area (Å²) in [6.45, 7) is 0.695. The van der Waals surface area contributed by atoms with Crippen molar-refractivity contribution in [2.75, 3.05) is 0 Å². The van der Waals surface area contributed by atoms with Crippen molar-refractivity contribution in [1.29, 1.82) is 0 Å². The first-order valence-electron chi connectivity index (χ1n) is 5.13. The molecule has 0 aromatic carbocycles. The van der Waals surface area contributed by atoms with E-state index in [0.717, 1.165) is 9.35 Å². The van der Waals surface area contributed by atoms with Gasteiger partial charge in [-0.25, -0.2) is 9.36 Å². The topological polar surface area (TPSA) is 158 Å². The van der Waals surface area contributed by atoms with Gasteiger partial charge in [0.05, 0.1) is 6.54 Å². The quantitative estimate of drug-likeness (QED) is 0.325. The van der Waals surface area contributed by atoms with Crippen LogP contribution in [0, 0.1) is 20.2 Å². The molecule has 0 fully saturated rings. The number of nitrogens with zero attached hydrogens (tertiary/aromatic N) is 10. The minimum atomic E-state index is -0.846. The molecule has 14 nitrogen and oxygen atoms in total. The molecule has 0 spiro atoms. The van der Waals surface area contributed by atoms with Crippen molar-refractivity contribution in [3.63, 3.8) is 0 Å². The number of rotatable bonds is 7. The lowest BCUT2D eigenvalue weighted by atomic mass is 10.6. The molecule has 2 heterocycles. The maximum atomic E-state index is 10.1. The Morgan fingerprint density at radius 3 is 1.70 bits per heavy atom. The summed E-state index contributed by atoms with van der Waals surface area (Å²) < 4.78 is 4.71. The van der Waals surface area contributed by atoms with Crippen molar-refractivity contribution in [3.05, 3.63) is 56.6 Å². The van der Waals surface area contributed by atoms with Gasteiger partial charge in [-0.05, 0) is 4.68 Å². The summed E-state index contributed by atoms with van der Waals surface area (Å²) in [5, 5.41) is 26.3. The van der Waals surface area contributed by atoms with E-state index >= 15 is 0 Å². The van der Waals surface area contributed by atoms with E-state index in [1.54, 1.807) is 0 Å². The Bertz CT molecular complexity index is 565. The summed E-state index contributed by atoms with van der Waals surface area (Å²) in [4.78, 5) is 20.3. The van der Waals surface area contributed by atoms with E-state index in [-0.39, 0.29) is 0 Å². The van der Waals surface area contributed by atoms with Crippen LogP contribution in [0.3, 0.4) is 0 Å². The number of aromatic nitrogens is 6. The average Bonchev–Trinajstić information content (AvgIpc) is 2.94. The van der Waals surface area contributed by atoms with Crippen LogP contribution in [0.2, 0.25) is 0 Å². The summed E-state index contributed by atoms with van der Waals surface area (Å²) in [6.07, 6.45) is 4.99. The van der Waals surface area contributed by atoms with Gasteiger partial charge in [0.2, 0.25) is 0 Å². The van der Waals surface area contributed by atoms with E-state index in [1.165, 1.54) is 34.7 Å². The van der Waals surface area contributed by atoms with Gasteiger partial charge in [-0.15, -0.1) is 10.1 Å². The third-order valence-corrected chi connectivity index (χ3v) is 2.05. The minimum absolute atomic E-state index is 0.348. The van der Waals surface area contributed by atoms with E-state index in [0.29, 0.717) is 13.1 Å². The van der Waals surface area contributed by atoms with E-state index in [9.17, 15) is 20.2 Å². The Morgan fingerprint density at radius 2 is 1.35 bits per heavy atom. The second-order valence-corrected chi connectivity index (χ2v) is 3.43. The Labute approximate surface area is 110 Å². The predicted octanol–water partition coefficient (Wildman–Crippen LogP) is -1.99. The zero-order valence-electron chi connectivity index (χ0n) is 9.83. The summed E-state index contributed by atoms with van der Waals surface area (Å²) in [5.74, 6) is 0. The van der Waals surface area contributed by atoms with E-state index in [2.05, 4.69) is 21.3 Å². The number of hydrogen-bond donors (Lipinski definition) is 0. The van der Waals surface area contributed by atoms with Crippen LogP contribution in [0.4, 0.5) is 0 Å². The molecule has 0 saturated carbocycles. The van der Waals surface area contributed by atoms with Gasteiger partial charge in [0, 0.05) is 5.03 Å². The summed E-state index contributed by atoms with van der Waals surface area (Å²) in [6, 6.07) is 0. The zero-order chi connectivity index (χ0) is 14.5. The van der Waals surface area contributed by atoms with Crippen molar-refractivity contribution >= 4 is 0 Å². The normalized spacial score (nSPS) is 10.2. The van der Waals surface area contributed by atoms with Gasteiger partial charge in [0.15, 0.2) is 6.54 Å². The molecule has 0 aliphatic carbocycles. The number of nitro groups is 2. The fourth-order valence-electron chi connectivity index (χ4n) is 1.33. The standard InChI is InChI=1S/C6H8N10O4/c17-15(18)9-13-3-7-11(5-13)1-2-12-6-14(4-8-12)10-16(19)20/h3-6H,1-2H2. The predicted molar refractivity (Wildman–Crippen MR) is 56.3 cm³/mol. The van der Waals surface area contributed by atoms with E-state index < -0.39 is 10.1 Å². The molecule has 0 N–H and O–H groups in total. The summed E-state index contributed by atoms with van der Waals surface area (Å²) in [5.41, 5.74) is 6.02. The van der Waals surface area contributed by atoms with Crippen molar-refractivity contribution < 1.29 is 19.4 Å². The van der Waals surface area contributed by atoms with Crippen LogP contribution < -0.4 is 9.35 Å². The molecule has 0 aliphatic rings. The lowest BCUT2D eigenvalue weighted by molar-refractivity contribution is -0.738. The fraction of sp³-hybridized carbons (Fsp3) is 0.333. The monoisotopic (exact) mass is 284 g/mol. The highest BCUT2D eigenvalue weighted by molar-refractivity contribution is 4.52. The molecule has 106 valence electrons. The van der Waals surface area contributed by atoms with Gasteiger partial charge in [-0.1, -0.05) is 5.53 Å². The smallest absolute Gasteiger partial charge is 0.332 e. The highest BCUT2D eigenvalue weighted by Gasteiger charge is 2.09. The van der Waals surface area contributed by atoms with Gasteiger partial charge in [0.1, 0.15) is 5.10 Å². The van der Waals surface area contributed by atoms with Crippen molar-refractivity contribution in [1.82, 2.24) is 19.6 Å². The van der Waals surface area contributed by atoms with Crippen molar-refractivity contribution in [3.8, 4) is 0 Å². The van der Waals surface area contributed by atoms with Crippen LogP contribution in [0.5, 0.6) is 0 Å². The molecule has 2 aromatic heterocycles. The van der Waals surface area contributed by atoms with Crippen LogP contribution >= 0.6 is 0 Å². The molecule has 0 saturated heterocycles. The molecule has 0 aliphatic heterocycles. The van der Waals surface area contributed by atoms with Crippen LogP contribution in [-0.4, -0.2) is 29.6 Å². The van der Waals surface area contributed by atoms with Crippen LogP contribution in [0.1, 0.15) is 0 Å². The first-order valence-corrected chi connectivity index (χ1v) is 5.13. The molecule has 2 aromatic rings. The molecule has 0 radical (unpaired) electrons. The fourth-order valence-corrected chi connectivity index (χ4v) is 1.33. The van der Waals surface area contributed by atoms with Gasteiger partial charge in [-0.3, -0.25) is 15.6 Å². The highest BCUT2D eigenvalue weighted by atomic mass is 16.7. The maximum absolute atomic E-state index is 10.1. The van der Waals surface area contributed by atoms with Crippen LogP contribution in [-0.2, 0) is 13.1 Å². The van der Waals surface area contributed by atoms with Gasteiger partial charge < -0.3 is 10.1 Å². The Morgan fingerprint density at radius 1 is 0.950 bits per heavy atom. The Hall–Kier alpha value is -3.32. The lowest BCUT2D eigenvalue weighted by Crippen LogP contribution is -2.29. The Kier molecular flexibility index (Phi) is 3.64. The highest BCUT2D eigenvalue weighted by Crippen LogP contribution is 1.88. The van der Waals surface area contributed by atoms with Gasteiger partial charge in [0.25, 0.3) is 19.0 Å². The summed E-state index contributed by atoms with van der Waals surface area (Å²) >= 11 is 0. The Balaban J connectivity index is 1.88.